The molecule has 0 bridgehead atoms. The SMILES string of the molecule is COCc1c(Br)cccc1NCc1c(C)cccc1C. The van der Waals surface area contributed by atoms with Gasteiger partial charge >= 0.3 is 0 Å². The predicted octanol–water partition coefficient (Wildman–Crippen LogP) is 4.82. The van der Waals surface area contributed by atoms with E-state index in [2.05, 4.69) is 59.4 Å². The van der Waals surface area contributed by atoms with Crippen LogP contribution in [0, 0.1) is 13.8 Å². The molecule has 3 heteroatoms. The number of halogens is 1. The molecule has 1 N–H and O–H groups in total. The molecule has 0 aliphatic rings. The number of hydrogen-bond acceptors (Lipinski definition) is 2. The third-order valence-electron chi connectivity index (χ3n) is 3.51. The molecule has 0 aliphatic carbocycles. The van der Waals surface area contributed by atoms with Gasteiger partial charge in [-0.05, 0) is 42.7 Å². The first-order valence-corrected chi connectivity index (χ1v) is 7.48. The van der Waals surface area contributed by atoms with E-state index in [1.54, 1.807) is 7.11 Å². The molecule has 2 rings (SSSR count). The Morgan fingerprint density at radius 2 is 1.65 bits per heavy atom. The summed E-state index contributed by atoms with van der Waals surface area (Å²) in [5.41, 5.74) is 6.27. The average Bonchev–Trinajstić information content (AvgIpc) is 2.42. The lowest BCUT2D eigenvalue weighted by Gasteiger charge is -2.15. The molecule has 0 heterocycles. The van der Waals surface area contributed by atoms with Crippen LogP contribution in [0.3, 0.4) is 0 Å². The average molecular weight is 334 g/mol. The highest BCUT2D eigenvalue weighted by Gasteiger charge is 2.07. The summed E-state index contributed by atoms with van der Waals surface area (Å²) in [6, 6.07) is 12.6. The molecule has 0 fully saturated rings. The van der Waals surface area contributed by atoms with Crippen LogP contribution in [0.2, 0.25) is 0 Å². The van der Waals surface area contributed by atoms with E-state index in [1.165, 1.54) is 16.7 Å². The summed E-state index contributed by atoms with van der Waals surface area (Å²) in [5.74, 6) is 0. The second-order valence-electron chi connectivity index (χ2n) is 4.92. The number of rotatable bonds is 5. The van der Waals surface area contributed by atoms with Crippen molar-refractivity contribution in [3.63, 3.8) is 0 Å². The second-order valence-corrected chi connectivity index (χ2v) is 5.78. The zero-order valence-electron chi connectivity index (χ0n) is 12.2. The Balaban J connectivity index is 2.21. The summed E-state index contributed by atoms with van der Waals surface area (Å²) >= 11 is 3.58. The number of aryl methyl sites for hydroxylation is 2. The molecule has 0 amide bonds. The smallest absolute Gasteiger partial charge is 0.0744 e. The Morgan fingerprint density at radius 3 is 2.30 bits per heavy atom. The Hall–Kier alpha value is -1.32. The summed E-state index contributed by atoms with van der Waals surface area (Å²) in [6.07, 6.45) is 0. The van der Waals surface area contributed by atoms with Gasteiger partial charge in [0.2, 0.25) is 0 Å². The Bertz CT molecular complexity index is 575. The molecule has 0 unspecified atom stereocenters. The first-order chi connectivity index (χ1) is 9.63. The van der Waals surface area contributed by atoms with E-state index in [9.17, 15) is 0 Å². The third kappa shape index (κ3) is 3.41. The number of ether oxygens (including phenoxy) is 1. The summed E-state index contributed by atoms with van der Waals surface area (Å²) in [5, 5.41) is 3.53. The maximum Gasteiger partial charge on any atom is 0.0744 e. The first kappa shape index (κ1) is 15.1. The minimum atomic E-state index is 0.594. The van der Waals surface area contributed by atoms with Gasteiger partial charge in [-0.3, -0.25) is 0 Å². The molecule has 0 saturated heterocycles. The van der Waals surface area contributed by atoms with Gasteiger partial charge in [-0.1, -0.05) is 40.2 Å². The highest BCUT2D eigenvalue weighted by atomic mass is 79.9. The van der Waals surface area contributed by atoms with Crippen LogP contribution in [-0.4, -0.2) is 7.11 Å². The molecule has 2 aromatic carbocycles. The number of hydrogen-bond donors (Lipinski definition) is 1. The van der Waals surface area contributed by atoms with Crippen molar-refractivity contribution in [3.8, 4) is 0 Å². The Morgan fingerprint density at radius 1 is 1.00 bits per heavy atom. The maximum absolute atomic E-state index is 5.28. The van der Waals surface area contributed by atoms with Crippen LogP contribution in [0.15, 0.2) is 40.9 Å². The molecule has 20 heavy (non-hydrogen) atoms. The van der Waals surface area contributed by atoms with E-state index in [4.69, 9.17) is 4.74 Å². The predicted molar refractivity (Wildman–Crippen MR) is 88.1 cm³/mol. The fourth-order valence-corrected chi connectivity index (χ4v) is 2.81. The largest absolute Gasteiger partial charge is 0.381 e. The zero-order chi connectivity index (χ0) is 14.5. The number of anilines is 1. The van der Waals surface area contributed by atoms with E-state index < -0.39 is 0 Å². The van der Waals surface area contributed by atoms with Gasteiger partial charge in [0.25, 0.3) is 0 Å². The fraction of sp³-hybridized carbons (Fsp3) is 0.294. The third-order valence-corrected chi connectivity index (χ3v) is 4.25. The molecular formula is C17H20BrNO. The molecule has 0 atom stereocenters. The molecule has 0 spiro atoms. The van der Waals surface area contributed by atoms with Crippen LogP contribution in [0.5, 0.6) is 0 Å². The van der Waals surface area contributed by atoms with Crippen molar-refractivity contribution in [1.82, 2.24) is 0 Å². The molecule has 0 aliphatic heterocycles. The van der Waals surface area contributed by atoms with Crippen molar-refractivity contribution in [3.05, 3.63) is 63.1 Å². The van der Waals surface area contributed by atoms with Crippen LogP contribution in [0.25, 0.3) is 0 Å². The molecule has 0 saturated carbocycles. The van der Waals surface area contributed by atoms with Crippen LogP contribution < -0.4 is 5.32 Å². The van der Waals surface area contributed by atoms with Gasteiger partial charge in [-0.2, -0.15) is 0 Å². The van der Waals surface area contributed by atoms with Crippen molar-refractivity contribution in [2.45, 2.75) is 27.0 Å². The lowest BCUT2D eigenvalue weighted by Crippen LogP contribution is -2.06. The fourth-order valence-electron chi connectivity index (χ4n) is 2.33. The van der Waals surface area contributed by atoms with E-state index in [0.717, 1.165) is 22.3 Å². The Labute approximate surface area is 129 Å². The molecule has 0 radical (unpaired) electrons. The van der Waals surface area contributed by atoms with Crippen LogP contribution in [-0.2, 0) is 17.9 Å². The van der Waals surface area contributed by atoms with Gasteiger partial charge in [-0.15, -0.1) is 0 Å². The molecule has 2 nitrogen and oxygen atoms in total. The van der Waals surface area contributed by atoms with Crippen LogP contribution in [0.4, 0.5) is 5.69 Å². The van der Waals surface area contributed by atoms with E-state index in [0.29, 0.717) is 6.61 Å². The van der Waals surface area contributed by atoms with Gasteiger partial charge < -0.3 is 10.1 Å². The van der Waals surface area contributed by atoms with Gasteiger partial charge in [0.1, 0.15) is 0 Å². The summed E-state index contributed by atoms with van der Waals surface area (Å²) in [6.45, 7) is 5.73. The van der Waals surface area contributed by atoms with Crippen molar-refractivity contribution in [1.29, 1.82) is 0 Å². The number of nitrogens with one attached hydrogen (secondary N) is 1. The van der Waals surface area contributed by atoms with E-state index in [1.807, 2.05) is 12.1 Å². The quantitative estimate of drug-likeness (QED) is 0.846. The van der Waals surface area contributed by atoms with Crippen molar-refractivity contribution in [2.75, 3.05) is 12.4 Å². The van der Waals surface area contributed by atoms with Crippen LogP contribution >= 0.6 is 15.9 Å². The highest BCUT2D eigenvalue weighted by Crippen LogP contribution is 2.26. The first-order valence-electron chi connectivity index (χ1n) is 6.68. The minimum Gasteiger partial charge on any atom is -0.381 e. The van der Waals surface area contributed by atoms with Crippen molar-refractivity contribution < 1.29 is 4.74 Å². The topological polar surface area (TPSA) is 21.3 Å². The summed E-state index contributed by atoms with van der Waals surface area (Å²) in [7, 11) is 1.72. The zero-order valence-corrected chi connectivity index (χ0v) is 13.8. The summed E-state index contributed by atoms with van der Waals surface area (Å²) in [4.78, 5) is 0. The lowest BCUT2D eigenvalue weighted by molar-refractivity contribution is 0.185. The molecular weight excluding hydrogens is 314 g/mol. The van der Waals surface area contributed by atoms with Crippen LogP contribution in [0.1, 0.15) is 22.3 Å². The molecule has 2 aromatic rings. The second kappa shape index (κ2) is 6.91. The van der Waals surface area contributed by atoms with Gasteiger partial charge in [-0.25, -0.2) is 0 Å². The lowest BCUT2D eigenvalue weighted by atomic mass is 10.0. The monoisotopic (exact) mass is 333 g/mol. The standard InChI is InChI=1S/C17H20BrNO/c1-12-6-4-7-13(2)14(12)10-19-17-9-5-8-16(18)15(17)11-20-3/h4-9,19H,10-11H2,1-3H3. The molecule has 106 valence electrons. The van der Waals surface area contributed by atoms with Gasteiger partial charge in [0.15, 0.2) is 0 Å². The van der Waals surface area contributed by atoms with E-state index >= 15 is 0 Å². The van der Waals surface area contributed by atoms with Crippen molar-refractivity contribution >= 4 is 21.6 Å². The van der Waals surface area contributed by atoms with Crippen molar-refractivity contribution in [2.24, 2.45) is 0 Å². The van der Waals surface area contributed by atoms with E-state index in [-0.39, 0.29) is 0 Å². The summed E-state index contributed by atoms with van der Waals surface area (Å²) < 4.78 is 6.35. The Kier molecular flexibility index (Phi) is 5.21. The number of benzene rings is 2. The van der Waals surface area contributed by atoms with Gasteiger partial charge in [0, 0.05) is 29.4 Å². The normalized spacial score (nSPS) is 10.6. The van der Waals surface area contributed by atoms with Gasteiger partial charge in [0.05, 0.1) is 6.61 Å². The maximum atomic E-state index is 5.28. The minimum absolute atomic E-state index is 0.594. The molecule has 0 aromatic heterocycles. The number of methoxy groups -OCH3 is 1. The highest BCUT2D eigenvalue weighted by molar-refractivity contribution is 9.10.